The van der Waals surface area contributed by atoms with Crippen molar-refractivity contribution in [3.05, 3.63) is 24.4 Å². The maximum absolute atomic E-state index is 11.5. The van der Waals surface area contributed by atoms with Crippen molar-refractivity contribution in [3.63, 3.8) is 0 Å². The normalized spacial score (nSPS) is 11.5. The van der Waals surface area contributed by atoms with Crippen molar-refractivity contribution in [3.8, 4) is 5.75 Å². The molecule has 18 heavy (non-hydrogen) atoms. The van der Waals surface area contributed by atoms with Crippen molar-refractivity contribution in [2.24, 2.45) is 0 Å². The third-order valence-corrected chi connectivity index (χ3v) is 2.19. The van der Waals surface area contributed by atoms with Crippen molar-refractivity contribution >= 4 is 16.9 Å². The molecule has 5 heteroatoms. The molecule has 0 spiro atoms. The summed E-state index contributed by atoms with van der Waals surface area (Å²) < 4.78 is 10.5. The molecule has 96 valence electrons. The maximum atomic E-state index is 11.5. The highest BCUT2D eigenvalue weighted by Gasteiger charge is 2.16. The number of ether oxygens (including phenoxy) is 2. The average molecular weight is 248 g/mol. The van der Waals surface area contributed by atoms with Gasteiger partial charge in [-0.3, -0.25) is 5.10 Å². The molecule has 0 saturated heterocycles. The van der Waals surface area contributed by atoms with Crippen LogP contribution in [0.25, 0.3) is 10.9 Å². The maximum Gasteiger partial charge on any atom is 0.344 e. The van der Waals surface area contributed by atoms with E-state index in [1.807, 2.05) is 32.9 Å². The van der Waals surface area contributed by atoms with E-state index in [4.69, 9.17) is 9.47 Å². The van der Waals surface area contributed by atoms with Crippen molar-refractivity contribution in [1.29, 1.82) is 0 Å². The molecule has 0 radical (unpaired) electrons. The van der Waals surface area contributed by atoms with Gasteiger partial charge in [0.25, 0.3) is 0 Å². The van der Waals surface area contributed by atoms with E-state index >= 15 is 0 Å². The predicted octanol–water partition coefficient (Wildman–Crippen LogP) is 2.28. The lowest BCUT2D eigenvalue weighted by atomic mass is 10.2. The summed E-state index contributed by atoms with van der Waals surface area (Å²) in [5.74, 6) is 0.240. The van der Waals surface area contributed by atoms with Crippen LogP contribution in [0.3, 0.4) is 0 Å². The van der Waals surface area contributed by atoms with Gasteiger partial charge in [0, 0.05) is 5.39 Å². The van der Waals surface area contributed by atoms with Crippen molar-refractivity contribution in [1.82, 2.24) is 10.2 Å². The Kier molecular flexibility index (Phi) is 3.23. The third kappa shape index (κ3) is 3.23. The summed E-state index contributed by atoms with van der Waals surface area (Å²) in [7, 11) is 0. The molecule has 0 atom stereocenters. The van der Waals surface area contributed by atoms with Crippen LogP contribution in [0.4, 0.5) is 0 Å². The Hall–Kier alpha value is -2.04. The number of fused-ring (bicyclic) bond motifs is 1. The van der Waals surface area contributed by atoms with E-state index in [-0.39, 0.29) is 12.6 Å². The fourth-order valence-electron chi connectivity index (χ4n) is 1.52. The van der Waals surface area contributed by atoms with Crippen LogP contribution in [0.1, 0.15) is 20.8 Å². The molecule has 1 aromatic carbocycles. The van der Waals surface area contributed by atoms with Gasteiger partial charge in [0.05, 0.1) is 11.7 Å². The molecule has 2 aromatic rings. The molecule has 0 fully saturated rings. The number of carbonyl (C=O) groups excluding carboxylic acids is 1. The Morgan fingerprint density at radius 1 is 1.39 bits per heavy atom. The number of esters is 1. The lowest BCUT2D eigenvalue weighted by molar-refractivity contribution is -0.157. The van der Waals surface area contributed by atoms with Gasteiger partial charge in [0.1, 0.15) is 11.4 Å². The van der Waals surface area contributed by atoms with Gasteiger partial charge in [-0.25, -0.2) is 4.79 Å². The second kappa shape index (κ2) is 4.68. The zero-order valence-electron chi connectivity index (χ0n) is 10.7. The quantitative estimate of drug-likeness (QED) is 0.846. The van der Waals surface area contributed by atoms with E-state index in [0.717, 1.165) is 10.9 Å². The third-order valence-electron chi connectivity index (χ3n) is 2.19. The molecule has 0 amide bonds. The van der Waals surface area contributed by atoms with Gasteiger partial charge < -0.3 is 9.47 Å². The number of benzene rings is 1. The molecule has 0 saturated carbocycles. The molecule has 0 bridgehead atoms. The van der Waals surface area contributed by atoms with Crippen LogP contribution in [0, 0.1) is 0 Å². The molecule has 2 rings (SSSR count). The zero-order chi connectivity index (χ0) is 13.2. The Morgan fingerprint density at radius 2 is 2.17 bits per heavy atom. The summed E-state index contributed by atoms with van der Waals surface area (Å²) in [6, 6.07) is 5.46. The van der Waals surface area contributed by atoms with Crippen LogP contribution in [-0.4, -0.2) is 28.4 Å². The first kappa shape index (κ1) is 12.4. The lowest BCUT2D eigenvalue weighted by Crippen LogP contribution is -2.27. The highest BCUT2D eigenvalue weighted by molar-refractivity contribution is 5.79. The summed E-state index contributed by atoms with van der Waals surface area (Å²) in [5, 5.41) is 7.70. The Bertz CT molecular complexity index is 555. The number of aromatic nitrogens is 2. The number of H-pyrrole nitrogens is 1. The van der Waals surface area contributed by atoms with Crippen molar-refractivity contribution in [2.45, 2.75) is 26.4 Å². The summed E-state index contributed by atoms with van der Waals surface area (Å²) in [4.78, 5) is 11.5. The highest BCUT2D eigenvalue weighted by atomic mass is 16.6. The average Bonchev–Trinajstić information content (AvgIpc) is 2.71. The number of carbonyl (C=O) groups is 1. The Labute approximate surface area is 105 Å². The number of rotatable bonds is 3. The second-order valence-corrected chi connectivity index (χ2v) is 4.99. The summed E-state index contributed by atoms with van der Waals surface area (Å²) in [6.45, 7) is 5.37. The van der Waals surface area contributed by atoms with Gasteiger partial charge >= 0.3 is 5.97 Å². The minimum absolute atomic E-state index is 0.0966. The van der Waals surface area contributed by atoms with Gasteiger partial charge in [-0.1, -0.05) is 0 Å². The molecule has 1 aromatic heterocycles. The van der Waals surface area contributed by atoms with E-state index in [9.17, 15) is 4.79 Å². The molecule has 0 aliphatic heterocycles. The zero-order valence-corrected chi connectivity index (χ0v) is 10.7. The van der Waals surface area contributed by atoms with Gasteiger partial charge in [0.15, 0.2) is 6.61 Å². The molecule has 0 aliphatic rings. The molecule has 0 aliphatic carbocycles. The molecule has 1 heterocycles. The van der Waals surface area contributed by atoms with Gasteiger partial charge in [0.2, 0.25) is 0 Å². The van der Waals surface area contributed by atoms with Crippen LogP contribution in [0.5, 0.6) is 5.75 Å². The molecular weight excluding hydrogens is 232 g/mol. The lowest BCUT2D eigenvalue weighted by Gasteiger charge is -2.19. The number of nitrogens with zero attached hydrogens (tertiary/aromatic N) is 1. The van der Waals surface area contributed by atoms with Crippen molar-refractivity contribution in [2.75, 3.05) is 6.61 Å². The van der Waals surface area contributed by atoms with Crippen LogP contribution < -0.4 is 4.74 Å². The van der Waals surface area contributed by atoms with E-state index in [2.05, 4.69) is 10.2 Å². The number of hydrogen-bond donors (Lipinski definition) is 1. The van der Waals surface area contributed by atoms with Gasteiger partial charge in [-0.15, -0.1) is 0 Å². The molecular formula is C13H16N2O3. The number of aromatic amines is 1. The standard InChI is InChI=1S/C13H16N2O3/c1-13(2,3)18-12(16)8-17-10-4-5-11-9(6-10)7-14-15-11/h4-7H,8H2,1-3H3,(H,14,15). The van der Waals surface area contributed by atoms with E-state index in [1.165, 1.54) is 0 Å². The molecule has 0 unspecified atom stereocenters. The highest BCUT2D eigenvalue weighted by Crippen LogP contribution is 2.18. The first-order chi connectivity index (χ1) is 8.44. The minimum Gasteiger partial charge on any atom is -0.482 e. The van der Waals surface area contributed by atoms with Crippen LogP contribution >= 0.6 is 0 Å². The monoisotopic (exact) mass is 248 g/mol. The Balaban J connectivity index is 1.95. The van der Waals surface area contributed by atoms with Crippen LogP contribution in [0.15, 0.2) is 24.4 Å². The number of hydrogen-bond acceptors (Lipinski definition) is 4. The SMILES string of the molecule is CC(C)(C)OC(=O)COc1ccc2[nH]ncc2c1. The van der Waals surface area contributed by atoms with E-state index < -0.39 is 5.60 Å². The summed E-state index contributed by atoms with van der Waals surface area (Å²) in [5.41, 5.74) is 0.439. The fourth-order valence-corrected chi connectivity index (χ4v) is 1.52. The Morgan fingerprint density at radius 3 is 2.89 bits per heavy atom. The van der Waals surface area contributed by atoms with Gasteiger partial charge in [-0.05, 0) is 39.0 Å². The predicted molar refractivity (Wildman–Crippen MR) is 67.4 cm³/mol. The summed E-state index contributed by atoms with van der Waals surface area (Å²) in [6.07, 6.45) is 1.70. The van der Waals surface area contributed by atoms with E-state index in [0.29, 0.717) is 5.75 Å². The first-order valence-corrected chi connectivity index (χ1v) is 5.72. The minimum atomic E-state index is -0.491. The largest absolute Gasteiger partial charge is 0.482 e. The fraction of sp³-hybridized carbons (Fsp3) is 0.385. The second-order valence-electron chi connectivity index (χ2n) is 4.99. The number of nitrogens with one attached hydrogen (secondary N) is 1. The molecule has 1 N–H and O–H groups in total. The van der Waals surface area contributed by atoms with Crippen molar-refractivity contribution < 1.29 is 14.3 Å². The van der Waals surface area contributed by atoms with Crippen LogP contribution in [0.2, 0.25) is 0 Å². The smallest absolute Gasteiger partial charge is 0.344 e. The van der Waals surface area contributed by atoms with Crippen LogP contribution in [-0.2, 0) is 9.53 Å². The van der Waals surface area contributed by atoms with E-state index in [1.54, 1.807) is 12.3 Å². The van der Waals surface area contributed by atoms with Gasteiger partial charge in [-0.2, -0.15) is 5.10 Å². The summed E-state index contributed by atoms with van der Waals surface area (Å²) >= 11 is 0. The molecule has 5 nitrogen and oxygen atoms in total. The first-order valence-electron chi connectivity index (χ1n) is 5.72. The topological polar surface area (TPSA) is 64.2 Å².